The molecule has 2 amide bonds. The van der Waals surface area contributed by atoms with Gasteiger partial charge in [0.15, 0.2) is 0 Å². The molecule has 39 heavy (non-hydrogen) atoms. The zero-order valence-corrected chi connectivity index (χ0v) is 20.6. The molecule has 1 unspecified atom stereocenters. The lowest BCUT2D eigenvalue weighted by atomic mass is 9.97. The molecule has 9 heteroatoms. The van der Waals surface area contributed by atoms with Gasteiger partial charge in [0.2, 0.25) is 5.91 Å². The second-order valence-electron chi connectivity index (χ2n) is 9.75. The van der Waals surface area contributed by atoms with Crippen LogP contribution >= 0.6 is 0 Å². The number of alkyl halides is 3. The number of aromatic nitrogens is 1. The van der Waals surface area contributed by atoms with Gasteiger partial charge in [0.1, 0.15) is 18.4 Å². The second kappa shape index (κ2) is 9.41. The zero-order valence-electron chi connectivity index (χ0n) is 20.6. The fraction of sp³-hybridized carbons (Fsp3) is 0.200. The third-order valence-corrected chi connectivity index (χ3v) is 7.16. The highest BCUT2D eigenvalue weighted by Crippen LogP contribution is 2.42. The van der Waals surface area contributed by atoms with E-state index in [0.717, 1.165) is 23.5 Å². The first-order chi connectivity index (χ1) is 18.7. The summed E-state index contributed by atoms with van der Waals surface area (Å²) in [5.74, 6) is -1.42. The lowest BCUT2D eigenvalue weighted by Crippen LogP contribution is -2.47. The predicted molar refractivity (Wildman–Crippen MR) is 137 cm³/mol. The second-order valence-corrected chi connectivity index (χ2v) is 9.75. The van der Waals surface area contributed by atoms with E-state index in [0.29, 0.717) is 24.1 Å². The zero-order chi connectivity index (χ0) is 27.3. The van der Waals surface area contributed by atoms with Gasteiger partial charge in [0.05, 0.1) is 22.6 Å². The summed E-state index contributed by atoms with van der Waals surface area (Å²) in [6.07, 6.45) is -1.37. The van der Waals surface area contributed by atoms with Crippen LogP contribution in [0.25, 0.3) is 5.69 Å². The lowest BCUT2D eigenvalue weighted by Gasteiger charge is -2.39. The van der Waals surface area contributed by atoms with Crippen LogP contribution in [-0.2, 0) is 11.0 Å². The van der Waals surface area contributed by atoms with Crippen molar-refractivity contribution in [2.75, 3.05) is 11.4 Å². The fourth-order valence-electron chi connectivity index (χ4n) is 5.19. The van der Waals surface area contributed by atoms with Crippen LogP contribution in [0.1, 0.15) is 46.1 Å². The summed E-state index contributed by atoms with van der Waals surface area (Å²) in [4.78, 5) is 30.5. The summed E-state index contributed by atoms with van der Waals surface area (Å²) in [5, 5.41) is 0. The Balaban J connectivity index is 1.38. The van der Waals surface area contributed by atoms with Crippen LogP contribution in [-0.4, -0.2) is 33.9 Å². The van der Waals surface area contributed by atoms with Crippen molar-refractivity contribution in [3.63, 3.8) is 0 Å². The average molecular weight is 534 g/mol. The predicted octanol–water partition coefficient (Wildman–Crippen LogP) is 6.38. The maximum Gasteiger partial charge on any atom is 0.416 e. The highest BCUT2D eigenvalue weighted by molar-refractivity contribution is 6.03. The van der Waals surface area contributed by atoms with Crippen molar-refractivity contribution in [2.24, 2.45) is 0 Å². The summed E-state index contributed by atoms with van der Waals surface area (Å²) in [5.41, 5.74) is 1.82. The van der Waals surface area contributed by atoms with Gasteiger partial charge in [-0.1, -0.05) is 30.3 Å². The standard InChI is InChI=1S/C30H23F4N3O2/c31-22-12-10-19(11-13-22)28-26-9-4-16-35(26)24-7-1-2-8-25(24)37(28)27(38)18-36(23-14-15-23)29(39)20-5-3-6-21(17-20)30(32,33)34/h1-13,16-17,23,28H,14-15,18H2. The number of rotatable bonds is 5. The van der Waals surface area contributed by atoms with E-state index in [-0.39, 0.29) is 18.2 Å². The Kier molecular flexibility index (Phi) is 6.01. The number of fused-ring (bicyclic) bond motifs is 3. The van der Waals surface area contributed by atoms with Gasteiger partial charge >= 0.3 is 6.18 Å². The third-order valence-electron chi connectivity index (χ3n) is 7.16. The molecule has 0 spiro atoms. The van der Waals surface area contributed by atoms with E-state index < -0.39 is 35.4 Å². The van der Waals surface area contributed by atoms with Gasteiger partial charge in [-0.2, -0.15) is 13.2 Å². The maximum atomic E-state index is 14.1. The number of hydrogen-bond donors (Lipinski definition) is 0. The van der Waals surface area contributed by atoms with Crippen LogP contribution < -0.4 is 4.90 Å². The Bertz CT molecular complexity index is 1560. The number of carbonyl (C=O) groups excluding carboxylic acids is 2. The summed E-state index contributed by atoms with van der Waals surface area (Å²) < 4.78 is 55.7. The molecule has 1 fully saturated rings. The summed E-state index contributed by atoms with van der Waals surface area (Å²) in [7, 11) is 0. The lowest BCUT2D eigenvalue weighted by molar-refractivity contribution is -0.137. The molecule has 1 saturated carbocycles. The number of carbonyl (C=O) groups is 2. The van der Waals surface area contributed by atoms with E-state index in [1.54, 1.807) is 17.0 Å². The molecule has 0 bridgehead atoms. The van der Waals surface area contributed by atoms with E-state index in [2.05, 4.69) is 0 Å². The Morgan fingerprint density at radius 3 is 2.28 bits per heavy atom. The van der Waals surface area contributed by atoms with E-state index >= 15 is 0 Å². The van der Waals surface area contributed by atoms with Crippen molar-refractivity contribution in [3.8, 4) is 5.69 Å². The first kappa shape index (κ1) is 24.9. The smallest absolute Gasteiger partial charge is 0.326 e. The normalized spacial score (nSPS) is 16.4. The number of para-hydroxylation sites is 2. The minimum absolute atomic E-state index is 0.118. The van der Waals surface area contributed by atoms with Gasteiger partial charge in [-0.15, -0.1) is 0 Å². The van der Waals surface area contributed by atoms with Gasteiger partial charge in [-0.3, -0.25) is 14.5 Å². The van der Waals surface area contributed by atoms with Crippen molar-refractivity contribution in [2.45, 2.75) is 31.1 Å². The van der Waals surface area contributed by atoms with Crippen LogP contribution in [0.15, 0.2) is 91.1 Å². The van der Waals surface area contributed by atoms with Gasteiger partial charge in [0, 0.05) is 17.8 Å². The number of hydrogen-bond acceptors (Lipinski definition) is 2. The molecule has 3 aromatic carbocycles. The maximum absolute atomic E-state index is 14.1. The highest BCUT2D eigenvalue weighted by Gasteiger charge is 2.40. The molecule has 2 heterocycles. The molecule has 2 aliphatic rings. The van der Waals surface area contributed by atoms with Crippen molar-refractivity contribution in [1.29, 1.82) is 0 Å². The molecule has 5 nitrogen and oxygen atoms in total. The molecule has 1 aromatic heterocycles. The molecule has 0 N–H and O–H groups in total. The van der Waals surface area contributed by atoms with Gasteiger partial charge < -0.3 is 9.47 Å². The summed E-state index contributed by atoms with van der Waals surface area (Å²) >= 11 is 0. The minimum Gasteiger partial charge on any atom is -0.326 e. The number of anilines is 1. The topological polar surface area (TPSA) is 45.6 Å². The van der Waals surface area contributed by atoms with Crippen molar-refractivity contribution in [3.05, 3.63) is 119 Å². The first-order valence-electron chi connectivity index (χ1n) is 12.5. The molecule has 0 radical (unpaired) electrons. The molecule has 1 aliphatic heterocycles. The number of nitrogens with zero attached hydrogens (tertiary/aromatic N) is 3. The highest BCUT2D eigenvalue weighted by atomic mass is 19.4. The molecule has 4 aromatic rings. The van der Waals surface area contributed by atoms with Crippen LogP contribution in [0.4, 0.5) is 23.2 Å². The monoisotopic (exact) mass is 533 g/mol. The van der Waals surface area contributed by atoms with Crippen LogP contribution in [0.2, 0.25) is 0 Å². The SMILES string of the molecule is O=C(c1cccc(C(F)(F)F)c1)N(CC(=O)N1c2ccccc2-n2cccc2C1c1ccc(F)cc1)C1CC1. The molecule has 1 atom stereocenters. The molecule has 198 valence electrons. The van der Waals surface area contributed by atoms with Crippen molar-refractivity contribution < 1.29 is 27.2 Å². The van der Waals surface area contributed by atoms with E-state index in [1.165, 1.54) is 29.2 Å². The van der Waals surface area contributed by atoms with Crippen molar-refractivity contribution >= 4 is 17.5 Å². The molecule has 0 saturated heterocycles. The average Bonchev–Trinajstić information content (AvgIpc) is 3.65. The van der Waals surface area contributed by atoms with Crippen LogP contribution in [0.5, 0.6) is 0 Å². The van der Waals surface area contributed by atoms with Gasteiger partial charge in [-0.05, 0) is 73.0 Å². The molecular formula is C30H23F4N3O2. The van der Waals surface area contributed by atoms with E-state index in [1.807, 2.05) is 47.2 Å². The van der Waals surface area contributed by atoms with Gasteiger partial charge in [-0.25, -0.2) is 4.39 Å². The van der Waals surface area contributed by atoms with E-state index in [4.69, 9.17) is 0 Å². The molecule has 1 aliphatic carbocycles. The minimum atomic E-state index is -4.59. The fourth-order valence-corrected chi connectivity index (χ4v) is 5.19. The number of benzene rings is 3. The number of halogens is 4. The van der Waals surface area contributed by atoms with E-state index in [9.17, 15) is 27.2 Å². The molecular weight excluding hydrogens is 510 g/mol. The first-order valence-corrected chi connectivity index (χ1v) is 12.5. The Labute approximate surface area is 221 Å². The summed E-state index contributed by atoms with van der Waals surface area (Å²) in [6, 6.07) is 20.5. The van der Waals surface area contributed by atoms with Crippen LogP contribution in [0, 0.1) is 5.82 Å². The Morgan fingerprint density at radius 2 is 1.59 bits per heavy atom. The summed E-state index contributed by atoms with van der Waals surface area (Å²) in [6.45, 7) is -0.313. The van der Waals surface area contributed by atoms with Crippen LogP contribution in [0.3, 0.4) is 0 Å². The third kappa shape index (κ3) is 4.58. The quantitative estimate of drug-likeness (QED) is 0.280. The Morgan fingerprint density at radius 1 is 0.872 bits per heavy atom. The largest absolute Gasteiger partial charge is 0.416 e. The van der Waals surface area contributed by atoms with Gasteiger partial charge in [0.25, 0.3) is 5.91 Å². The number of amides is 2. The molecule has 6 rings (SSSR count). The Hall–Kier alpha value is -4.40. The van der Waals surface area contributed by atoms with Crippen molar-refractivity contribution in [1.82, 2.24) is 9.47 Å².